The van der Waals surface area contributed by atoms with E-state index in [2.05, 4.69) is 169 Å². The Bertz CT molecular complexity index is 6160. The Morgan fingerprint density at radius 3 is 1.39 bits per heavy atom. The molecule has 0 atom stereocenters. The van der Waals surface area contributed by atoms with Crippen molar-refractivity contribution < 1.29 is 0 Å². The van der Waals surface area contributed by atoms with Crippen molar-refractivity contribution >= 4 is 173 Å². The minimum atomic E-state index is 0.507. The maximum absolute atomic E-state index is 7.29. The number of fused-ring (bicyclic) bond motifs is 12. The molecular weight excluding hydrogens is 1660 g/mol. The van der Waals surface area contributed by atoms with Gasteiger partial charge in [0.15, 0.2) is 5.69 Å². The van der Waals surface area contributed by atoms with Crippen LogP contribution in [0.4, 0.5) is 80.8 Å². The number of anilines is 13. The van der Waals surface area contributed by atoms with Gasteiger partial charge in [-0.3, -0.25) is 15.0 Å². The van der Waals surface area contributed by atoms with Crippen molar-refractivity contribution in [3.05, 3.63) is 235 Å². The fraction of sp³-hybridized carbons (Fsp3) is 0.309. The second-order valence-electron chi connectivity index (χ2n) is 32.7. The van der Waals surface area contributed by atoms with Gasteiger partial charge in [-0.05, 0) is 254 Å². The summed E-state index contributed by atoms with van der Waals surface area (Å²) in [5.74, 6) is 4.60. The van der Waals surface area contributed by atoms with Crippen molar-refractivity contribution in [2.45, 2.75) is 130 Å². The smallest absolute Gasteiger partial charge is 0.227 e. The minimum absolute atomic E-state index is 0.507. The Morgan fingerprint density at radius 2 is 0.911 bits per heavy atom. The van der Waals surface area contributed by atoms with Crippen molar-refractivity contribution in [3.8, 4) is 45.0 Å². The van der Waals surface area contributed by atoms with E-state index in [9.17, 15) is 0 Å². The van der Waals surface area contributed by atoms with Gasteiger partial charge in [-0.1, -0.05) is 96.3 Å². The number of nitrogens with zero attached hydrogens (tertiary/aromatic N) is 16. The second kappa shape index (κ2) is 38.6. The Kier molecular flexibility index (Phi) is 26.8. The second-order valence-corrected chi connectivity index (χ2v) is 35.5. The highest BCUT2D eigenvalue weighted by atomic mass is 35.5. The van der Waals surface area contributed by atoms with Crippen LogP contribution in [0.3, 0.4) is 0 Å². The van der Waals surface area contributed by atoms with Crippen LogP contribution in [0, 0.1) is 47.1 Å². The van der Waals surface area contributed by atoms with Gasteiger partial charge in [-0.25, -0.2) is 49.7 Å². The lowest BCUT2D eigenvalue weighted by atomic mass is 9.92. The Balaban J connectivity index is 0.000000123. The van der Waals surface area contributed by atoms with Crippen LogP contribution in [0.2, 0.25) is 10.0 Å². The highest BCUT2D eigenvalue weighted by Crippen LogP contribution is 2.45. The zero-order valence-electron chi connectivity index (χ0n) is 70.5. The van der Waals surface area contributed by atoms with Gasteiger partial charge in [0.05, 0.1) is 94.8 Å². The minimum Gasteiger partial charge on any atom is -0.357 e. The molecule has 0 spiro atoms. The molecule has 1 saturated carbocycles. The van der Waals surface area contributed by atoms with E-state index in [1.165, 1.54) is 74.9 Å². The number of hydrogen-bond donors (Lipinski definition) is 8. The van der Waals surface area contributed by atoms with Gasteiger partial charge in [-0.2, -0.15) is 0 Å². The molecule has 6 aliphatic heterocycles. The molecular formula is C94H96Cl2N24S4. The molecule has 7 aliphatic rings. The van der Waals surface area contributed by atoms with Crippen molar-refractivity contribution in [1.82, 2.24) is 69.6 Å². The molecule has 4 aromatic carbocycles. The van der Waals surface area contributed by atoms with E-state index in [-0.39, 0.29) is 0 Å². The monoisotopic (exact) mass is 1760 g/mol. The molecule has 0 radical (unpaired) electrons. The molecule has 630 valence electrons. The summed E-state index contributed by atoms with van der Waals surface area (Å²) in [5, 5.41) is 27.9. The third kappa shape index (κ3) is 21.2. The molecule has 30 heteroatoms. The average molecular weight is 1760 g/mol. The van der Waals surface area contributed by atoms with E-state index in [0.29, 0.717) is 76.1 Å². The Morgan fingerprint density at radius 1 is 0.460 bits per heavy atom. The van der Waals surface area contributed by atoms with Crippen LogP contribution in [0.5, 0.6) is 0 Å². The van der Waals surface area contributed by atoms with E-state index < -0.39 is 0 Å². The molecule has 12 aromatic rings. The summed E-state index contributed by atoms with van der Waals surface area (Å²) in [6.45, 7) is 22.8. The van der Waals surface area contributed by atoms with Gasteiger partial charge in [0.2, 0.25) is 23.8 Å². The number of thiocarbonyl (C=S) groups is 4. The first kappa shape index (κ1) is 85.9. The first-order chi connectivity index (χ1) is 60.0. The number of aromatic nitrogens is 12. The van der Waals surface area contributed by atoms with E-state index >= 15 is 0 Å². The maximum Gasteiger partial charge on any atom is 0.227 e. The number of pyridine rings is 4. The van der Waals surface area contributed by atoms with Crippen LogP contribution in [-0.4, -0.2) is 143 Å². The zero-order chi connectivity index (χ0) is 86.2. The fourth-order valence-electron chi connectivity index (χ4n) is 16.0. The summed E-state index contributed by atoms with van der Waals surface area (Å²) >= 11 is 34.3. The third-order valence-corrected chi connectivity index (χ3v) is 24.3. The molecule has 0 unspecified atom stereocenters. The quantitative estimate of drug-likeness (QED) is 0.0330. The van der Waals surface area contributed by atoms with Crippen molar-refractivity contribution in [2.75, 3.05) is 101 Å². The number of nitrogens with one attached hydrogen (secondary N) is 8. The lowest BCUT2D eigenvalue weighted by Crippen LogP contribution is -2.31. The van der Waals surface area contributed by atoms with Gasteiger partial charge in [-0.15, -0.1) is 0 Å². The average Bonchev–Trinajstić information content (AvgIpc) is 1.85. The molecule has 24 nitrogen and oxygen atoms in total. The number of piperidine rings is 2. The van der Waals surface area contributed by atoms with Crippen LogP contribution in [0.15, 0.2) is 146 Å². The van der Waals surface area contributed by atoms with Crippen LogP contribution in [-0.2, 0) is 38.5 Å². The number of benzene rings is 4. The third-order valence-electron chi connectivity index (χ3n) is 22.8. The summed E-state index contributed by atoms with van der Waals surface area (Å²) in [7, 11) is 6.37. The summed E-state index contributed by atoms with van der Waals surface area (Å²) in [6.07, 6.45) is 23.6. The highest BCUT2D eigenvalue weighted by molar-refractivity contribution is 7.81. The molecule has 1 aliphatic carbocycles. The highest BCUT2D eigenvalue weighted by Gasteiger charge is 2.29. The van der Waals surface area contributed by atoms with Gasteiger partial charge >= 0.3 is 0 Å². The van der Waals surface area contributed by atoms with Crippen LogP contribution >= 0.6 is 72.1 Å². The summed E-state index contributed by atoms with van der Waals surface area (Å²) < 4.78 is 0. The molecule has 0 amide bonds. The predicted octanol–water partition coefficient (Wildman–Crippen LogP) is 21.0. The van der Waals surface area contributed by atoms with Crippen molar-refractivity contribution in [2.24, 2.45) is 5.92 Å². The molecule has 14 heterocycles. The lowest BCUT2D eigenvalue weighted by molar-refractivity contribution is 0.218. The normalized spacial score (nSPS) is 14.9. The number of rotatable bonds is 16. The number of halogens is 2. The number of hydrogen-bond acceptors (Lipinski definition) is 23. The van der Waals surface area contributed by atoms with Crippen LogP contribution in [0.25, 0.3) is 49.9 Å². The summed E-state index contributed by atoms with van der Waals surface area (Å²) in [6, 6.07) is 38.0. The fourth-order valence-corrected chi connectivity index (χ4v) is 17.4. The van der Waals surface area contributed by atoms with E-state index in [1.807, 2.05) is 119 Å². The summed E-state index contributed by atoms with van der Waals surface area (Å²) in [4.78, 5) is 69.6. The topological polar surface area (TPSA) is 265 Å². The first-order valence-electron chi connectivity index (χ1n) is 41.9. The van der Waals surface area contributed by atoms with Crippen LogP contribution in [0.1, 0.15) is 125 Å². The molecule has 8 aromatic heterocycles. The molecule has 0 bridgehead atoms. The standard InChI is InChI=1S/C28H32N6S.C24H25N7S.C23H23ClN6S.C19H16ClN5S/c1-17-24(8-6-22(30-17)13-18-9-11-34(2)12-10-18)32-28-29-16-21-15-26(35)31-25-14-20(19-3-4-19)5-7-23(25)27(21)33-28;1-15-20(10-16(13-26-15)6-5-9-31(3)4)29-24-27-14-17-11-22(32)28-21-12-18(25-2)7-8-19(21)23(17)30-24;1-14-18(7-8-20(26-14)30-9-3-2-4-10-30)28-23-25-13-15-11-21(31)27-19-12-16(24)5-6-17(19)22(15)29-23;1-10-3-6-15(11(2)22-10)24-19-21-9-12-7-17(26)23-16-8-13(20)4-5-14(16)18(12)25-19/h5-8,14,16,18-19H,3-4,9-13,15H2,1-2H3,(H,31,35)(H,29,32,33);7-8,10,12-14H,5-6,9,11H2,1,3-4H3,(H,28,32)(H,27,29,30);5-8,12-13H,2-4,9-11H2,1H3,(H,27,31)(H,25,28,29);3-6,8-9H,7H2,1-2H3,(H,23,26)(H,21,24,25). The van der Waals surface area contributed by atoms with Gasteiger partial charge in [0.25, 0.3) is 0 Å². The van der Waals surface area contributed by atoms with Crippen LogP contribution < -0.4 is 47.4 Å². The Labute approximate surface area is 754 Å². The number of likely N-dealkylation sites (tertiary alicyclic amines) is 1. The predicted molar refractivity (Wildman–Crippen MR) is 518 cm³/mol. The SMILES string of the molecule is Cc1ccc(Nc2ncc3c(n2)-c2ccc(Cl)cc2NC(=S)C3)c(C)n1.Cc1nc(CC2CCN(C)CC2)ccc1Nc1ncc2c(n1)-c1ccc(C3CC3)cc1NC(=S)C2.Cc1nc(N2CCCCC2)ccc1Nc1ncc2c(n1)-c1ccc(Cl)cc1NC(=S)C2.[C-]#[N+]c1ccc2c(c1)NC(=S)Cc1cnc(Nc3cc(CCCN(C)C)cnc3C)nc1-2. The lowest BCUT2D eigenvalue weighted by Gasteiger charge is -2.28. The van der Waals surface area contributed by atoms with Gasteiger partial charge in [0, 0.05) is 158 Å². The van der Waals surface area contributed by atoms with E-state index in [1.54, 1.807) is 6.07 Å². The largest absolute Gasteiger partial charge is 0.357 e. The molecule has 19 rings (SSSR count). The van der Waals surface area contributed by atoms with Gasteiger partial charge in [0.1, 0.15) is 5.82 Å². The van der Waals surface area contributed by atoms with Crippen molar-refractivity contribution in [1.29, 1.82) is 0 Å². The van der Waals surface area contributed by atoms with E-state index in [4.69, 9.17) is 109 Å². The van der Waals surface area contributed by atoms with E-state index in [0.717, 1.165) is 207 Å². The van der Waals surface area contributed by atoms with Gasteiger partial charge < -0.3 is 57.2 Å². The zero-order valence-corrected chi connectivity index (χ0v) is 75.3. The Hall–Kier alpha value is -11.7. The van der Waals surface area contributed by atoms with Crippen molar-refractivity contribution in [3.63, 3.8) is 0 Å². The molecule has 3 fully saturated rings. The molecule has 8 N–H and O–H groups in total. The first-order valence-corrected chi connectivity index (χ1v) is 44.3. The maximum atomic E-state index is 7.29. The number of aryl methyl sites for hydroxylation is 6. The molecule has 124 heavy (non-hydrogen) atoms. The molecule has 2 saturated heterocycles. The summed E-state index contributed by atoms with van der Waals surface area (Å²) in [5.41, 5.74) is 27.5.